The fourth-order valence-corrected chi connectivity index (χ4v) is 3.43. The third kappa shape index (κ3) is 8.46. The summed E-state index contributed by atoms with van der Waals surface area (Å²) in [6, 6.07) is 7.62. The molecular formula is C26H37N7O3. The molecule has 0 unspecified atom stereocenters. The second kappa shape index (κ2) is 13.3. The Bertz CT molecular complexity index is 1110. The maximum absolute atomic E-state index is 12.4. The standard InChI is InChI=1S/C26H37N7O3/c1-7-21-18(3)29-26(24(31-21)25(27)36)30-20-11-8-10-19(14-20)17(2)15-28-22(34)16-33(6)23(35)12-9-13-32(4)5/h8-12,14,17H,7,13,15-16H2,1-6H3,(H2,27,36)(H,28,34)(H,29,30)/b12-9+/t17-/m0/s1. The molecule has 0 bridgehead atoms. The van der Waals surface area contributed by atoms with Gasteiger partial charge in [-0.05, 0) is 51.1 Å². The number of primary amides is 1. The highest BCUT2D eigenvalue weighted by Crippen LogP contribution is 2.23. The number of benzene rings is 1. The largest absolute Gasteiger partial charge is 0.364 e. The number of carbonyl (C=O) groups excluding carboxylic acids is 3. The Hall–Kier alpha value is -3.79. The molecule has 0 aliphatic heterocycles. The lowest BCUT2D eigenvalue weighted by atomic mass is 10.0. The number of rotatable bonds is 12. The molecule has 4 N–H and O–H groups in total. The van der Waals surface area contributed by atoms with Gasteiger partial charge in [-0.3, -0.25) is 14.4 Å². The molecule has 0 aliphatic carbocycles. The lowest BCUT2D eigenvalue weighted by Gasteiger charge is -2.18. The number of hydrogen-bond donors (Lipinski definition) is 3. The molecule has 0 aliphatic rings. The first kappa shape index (κ1) is 28.4. The number of carbonyl (C=O) groups is 3. The van der Waals surface area contributed by atoms with Crippen LogP contribution in [0.3, 0.4) is 0 Å². The highest BCUT2D eigenvalue weighted by molar-refractivity contribution is 5.96. The number of likely N-dealkylation sites (N-methyl/N-ethyl adjacent to an activating group) is 2. The Morgan fingerprint density at radius 3 is 2.53 bits per heavy atom. The van der Waals surface area contributed by atoms with E-state index in [2.05, 4.69) is 20.6 Å². The van der Waals surface area contributed by atoms with Crippen molar-refractivity contribution >= 4 is 29.2 Å². The third-order valence-corrected chi connectivity index (χ3v) is 5.55. The van der Waals surface area contributed by atoms with Gasteiger partial charge in [-0.1, -0.05) is 32.1 Å². The average molecular weight is 496 g/mol. The predicted octanol–water partition coefficient (Wildman–Crippen LogP) is 1.99. The van der Waals surface area contributed by atoms with Gasteiger partial charge in [-0.15, -0.1) is 0 Å². The summed E-state index contributed by atoms with van der Waals surface area (Å²) in [4.78, 5) is 48.6. The zero-order chi connectivity index (χ0) is 26.8. The molecule has 1 aromatic heterocycles. The second-order valence-electron chi connectivity index (χ2n) is 8.99. The molecule has 0 fully saturated rings. The molecule has 10 heteroatoms. The molecule has 0 spiro atoms. The summed E-state index contributed by atoms with van der Waals surface area (Å²) >= 11 is 0. The minimum Gasteiger partial charge on any atom is -0.364 e. The van der Waals surface area contributed by atoms with Crippen LogP contribution in [-0.4, -0.2) is 78.3 Å². The average Bonchev–Trinajstić information content (AvgIpc) is 2.82. The number of aromatic nitrogens is 2. The van der Waals surface area contributed by atoms with Crippen molar-refractivity contribution in [3.63, 3.8) is 0 Å². The fraction of sp³-hybridized carbons (Fsp3) is 0.423. The first-order valence-corrected chi connectivity index (χ1v) is 11.9. The smallest absolute Gasteiger partial charge is 0.271 e. The molecule has 0 saturated carbocycles. The minimum atomic E-state index is -0.649. The molecule has 1 atom stereocenters. The first-order valence-electron chi connectivity index (χ1n) is 11.9. The SMILES string of the molecule is CCc1nc(C(N)=O)c(Nc2cccc([C@@H](C)CNC(=O)CN(C)C(=O)/C=C/CN(C)C)c2)nc1C. The van der Waals surface area contributed by atoms with Crippen molar-refractivity contribution in [2.24, 2.45) is 5.73 Å². The Kier molecular flexibility index (Phi) is 10.5. The van der Waals surface area contributed by atoms with Gasteiger partial charge < -0.3 is 26.2 Å². The monoisotopic (exact) mass is 495 g/mol. The van der Waals surface area contributed by atoms with E-state index in [1.54, 1.807) is 13.1 Å². The molecule has 10 nitrogen and oxygen atoms in total. The normalized spacial score (nSPS) is 12.0. The van der Waals surface area contributed by atoms with Gasteiger partial charge in [0.15, 0.2) is 11.5 Å². The van der Waals surface area contributed by atoms with Crippen LogP contribution in [0.1, 0.15) is 47.2 Å². The molecule has 1 heterocycles. The molecule has 0 radical (unpaired) electrons. The van der Waals surface area contributed by atoms with Gasteiger partial charge in [0, 0.05) is 31.9 Å². The maximum atomic E-state index is 12.4. The van der Waals surface area contributed by atoms with E-state index in [1.807, 2.05) is 64.0 Å². The topological polar surface area (TPSA) is 134 Å². The Labute approximate surface area is 213 Å². The van der Waals surface area contributed by atoms with Gasteiger partial charge >= 0.3 is 0 Å². The lowest BCUT2D eigenvalue weighted by molar-refractivity contribution is -0.131. The number of aryl methyl sites for hydroxylation is 2. The molecule has 36 heavy (non-hydrogen) atoms. The van der Waals surface area contributed by atoms with Gasteiger partial charge in [0.05, 0.1) is 17.9 Å². The number of nitrogens with zero attached hydrogens (tertiary/aromatic N) is 4. The van der Waals surface area contributed by atoms with E-state index in [4.69, 9.17) is 5.73 Å². The van der Waals surface area contributed by atoms with Gasteiger partial charge in [0.25, 0.3) is 5.91 Å². The van der Waals surface area contributed by atoms with Crippen molar-refractivity contribution in [1.82, 2.24) is 25.1 Å². The van der Waals surface area contributed by atoms with Crippen LogP contribution in [0, 0.1) is 6.92 Å². The van der Waals surface area contributed by atoms with Crippen LogP contribution in [0.2, 0.25) is 0 Å². The zero-order valence-corrected chi connectivity index (χ0v) is 22.0. The first-order chi connectivity index (χ1) is 17.0. The summed E-state index contributed by atoms with van der Waals surface area (Å²) < 4.78 is 0. The molecule has 2 aromatic rings. The summed E-state index contributed by atoms with van der Waals surface area (Å²) in [6.45, 7) is 6.80. The highest BCUT2D eigenvalue weighted by atomic mass is 16.2. The summed E-state index contributed by atoms with van der Waals surface area (Å²) in [7, 11) is 5.42. The van der Waals surface area contributed by atoms with Crippen molar-refractivity contribution in [3.05, 3.63) is 59.1 Å². The quantitative estimate of drug-likeness (QED) is 0.383. The molecule has 1 aromatic carbocycles. The van der Waals surface area contributed by atoms with E-state index in [1.165, 1.54) is 11.0 Å². The number of nitrogens with one attached hydrogen (secondary N) is 2. The van der Waals surface area contributed by atoms with Crippen LogP contribution in [0.4, 0.5) is 11.5 Å². The van der Waals surface area contributed by atoms with E-state index in [0.29, 0.717) is 25.3 Å². The number of amides is 3. The van der Waals surface area contributed by atoms with E-state index in [0.717, 1.165) is 22.6 Å². The molecule has 3 amide bonds. The predicted molar refractivity (Wildman–Crippen MR) is 141 cm³/mol. The van der Waals surface area contributed by atoms with Crippen LogP contribution in [0.15, 0.2) is 36.4 Å². The molecule has 194 valence electrons. The van der Waals surface area contributed by atoms with Crippen molar-refractivity contribution in [2.45, 2.75) is 33.1 Å². The van der Waals surface area contributed by atoms with Crippen molar-refractivity contribution < 1.29 is 14.4 Å². The van der Waals surface area contributed by atoms with E-state index in [9.17, 15) is 14.4 Å². The molecule has 2 rings (SSSR count). The number of anilines is 2. The van der Waals surface area contributed by atoms with Gasteiger partial charge in [-0.25, -0.2) is 9.97 Å². The molecule has 0 saturated heterocycles. The van der Waals surface area contributed by atoms with Crippen molar-refractivity contribution in [1.29, 1.82) is 0 Å². The van der Waals surface area contributed by atoms with Crippen LogP contribution in [-0.2, 0) is 16.0 Å². The summed E-state index contributed by atoms with van der Waals surface area (Å²) in [6.07, 6.45) is 3.88. The van der Waals surface area contributed by atoms with E-state index >= 15 is 0 Å². The van der Waals surface area contributed by atoms with Crippen LogP contribution < -0.4 is 16.4 Å². The van der Waals surface area contributed by atoms with Gasteiger partial charge in [-0.2, -0.15) is 0 Å². The summed E-state index contributed by atoms with van der Waals surface area (Å²) in [5.74, 6) is -0.797. The Morgan fingerprint density at radius 1 is 1.17 bits per heavy atom. The van der Waals surface area contributed by atoms with E-state index < -0.39 is 5.91 Å². The number of nitrogens with two attached hydrogens (primary N) is 1. The molecular weight excluding hydrogens is 458 g/mol. The van der Waals surface area contributed by atoms with Crippen molar-refractivity contribution in [3.8, 4) is 0 Å². The second-order valence-corrected chi connectivity index (χ2v) is 8.99. The van der Waals surface area contributed by atoms with E-state index in [-0.39, 0.29) is 30.0 Å². The van der Waals surface area contributed by atoms with Crippen LogP contribution >= 0.6 is 0 Å². The maximum Gasteiger partial charge on any atom is 0.271 e. The lowest BCUT2D eigenvalue weighted by Crippen LogP contribution is -2.39. The van der Waals surface area contributed by atoms with Crippen LogP contribution in [0.5, 0.6) is 0 Å². The Balaban J connectivity index is 2.00. The van der Waals surface area contributed by atoms with Gasteiger partial charge in [0.1, 0.15) is 0 Å². The summed E-state index contributed by atoms with van der Waals surface area (Å²) in [5, 5.41) is 6.04. The van der Waals surface area contributed by atoms with Crippen molar-refractivity contribution in [2.75, 3.05) is 46.1 Å². The minimum absolute atomic E-state index is 0.00240. The zero-order valence-electron chi connectivity index (χ0n) is 22.0. The highest BCUT2D eigenvalue weighted by Gasteiger charge is 2.16. The number of hydrogen-bond acceptors (Lipinski definition) is 7. The third-order valence-electron chi connectivity index (χ3n) is 5.55. The summed E-state index contributed by atoms with van der Waals surface area (Å²) in [5.41, 5.74) is 8.78. The fourth-order valence-electron chi connectivity index (χ4n) is 3.43. The van der Waals surface area contributed by atoms with Crippen LogP contribution in [0.25, 0.3) is 0 Å². The van der Waals surface area contributed by atoms with Gasteiger partial charge in [0.2, 0.25) is 11.8 Å². The Morgan fingerprint density at radius 2 is 1.89 bits per heavy atom.